The van der Waals surface area contributed by atoms with Gasteiger partial charge in [0.1, 0.15) is 17.9 Å². The maximum atomic E-state index is 12.0. The number of amides is 1. The minimum atomic E-state index is -3.37. The average Bonchev–Trinajstić information content (AvgIpc) is 3.26. The molecule has 1 aromatic carbocycles. The van der Waals surface area contributed by atoms with Crippen LogP contribution in [0.15, 0.2) is 12.4 Å². The first kappa shape index (κ1) is 30.9. The number of nitrogens with two attached hydrogens (primary N) is 1. The Morgan fingerprint density at radius 2 is 1.88 bits per heavy atom. The van der Waals surface area contributed by atoms with Gasteiger partial charge in [0, 0.05) is 46.7 Å². The van der Waals surface area contributed by atoms with E-state index in [0.717, 1.165) is 46.6 Å². The van der Waals surface area contributed by atoms with Gasteiger partial charge in [-0.3, -0.25) is 9.69 Å². The van der Waals surface area contributed by atoms with Gasteiger partial charge in [0.25, 0.3) is 0 Å². The second kappa shape index (κ2) is 12.7. The topological polar surface area (TPSA) is 137 Å². The second-order valence-electron chi connectivity index (χ2n) is 9.32. The number of hydrogen-bond donors (Lipinski definition) is 2. The first-order valence-corrected chi connectivity index (χ1v) is 12.6. The van der Waals surface area contributed by atoms with Crippen LogP contribution in [-0.2, 0) is 14.5 Å². The summed E-state index contributed by atoms with van der Waals surface area (Å²) in [5, 5.41) is 8.85. The van der Waals surface area contributed by atoms with E-state index in [1.54, 1.807) is 14.2 Å². The monoisotopic (exact) mass is 585 g/mol. The number of benzene rings is 1. The Bertz CT molecular complexity index is 1400. The van der Waals surface area contributed by atoms with Crippen LogP contribution < -0.4 is 15.8 Å². The highest BCUT2D eigenvalue weighted by molar-refractivity contribution is 6.31. The molecule has 0 radical (unpaired) electrons. The molecule has 2 atom stereocenters. The lowest BCUT2D eigenvalue weighted by atomic mass is 9.84. The maximum absolute atomic E-state index is 12.0. The lowest BCUT2D eigenvalue weighted by Crippen LogP contribution is -2.54. The van der Waals surface area contributed by atoms with Crippen molar-refractivity contribution in [1.29, 1.82) is 0 Å². The molecule has 3 heterocycles. The molecule has 4 rings (SSSR count). The van der Waals surface area contributed by atoms with Gasteiger partial charge in [0.05, 0.1) is 30.3 Å². The number of rotatable bonds is 7. The molecular formula is C25H31ClF3N7O4. The summed E-state index contributed by atoms with van der Waals surface area (Å²) in [6, 6.07) is 1.56. The lowest BCUT2D eigenvalue weighted by Gasteiger charge is -2.43. The molecule has 1 fully saturated rings. The summed E-state index contributed by atoms with van der Waals surface area (Å²) in [4.78, 5) is 34.0. The third-order valence-electron chi connectivity index (χ3n) is 7.01. The molecular weight excluding hydrogens is 555 g/mol. The zero-order chi connectivity index (χ0) is 29.9. The molecule has 218 valence electrons. The molecule has 40 heavy (non-hydrogen) atoms. The van der Waals surface area contributed by atoms with E-state index >= 15 is 0 Å². The number of aryl methyl sites for hydroxylation is 1. The summed E-state index contributed by atoms with van der Waals surface area (Å²) >= 11 is 6.72. The molecule has 1 amide bonds. The number of nitrogen functional groups attached to an aromatic ring is 1. The largest absolute Gasteiger partial charge is 0.496 e. The van der Waals surface area contributed by atoms with Crippen molar-refractivity contribution in [2.24, 2.45) is 0 Å². The number of nitrogens with one attached hydrogen (secondary N) is 1. The van der Waals surface area contributed by atoms with Gasteiger partial charge in [0.2, 0.25) is 5.91 Å². The maximum Gasteiger partial charge on any atom is 0.414 e. The fourth-order valence-electron chi connectivity index (χ4n) is 4.79. The zero-order valence-corrected chi connectivity index (χ0v) is 23.6. The molecule has 11 nitrogen and oxygen atoms in total. The quantitative estimate of drug-likeness (QED) is 0.426. The van der Waals surface area contributed by atoms with Gasteiger partial charge in [-0.15, -0.1) is 0 Å². The Hall–Kier alpha value is -3.65. The van der Waals surface area contributed by atoms with E-state index in [2.05, 4.69) is 25.1 Å². The number of likely N-dealkylation sites (N-methyl/N-ethyl adjacent to an activating group) is 1. The minimum absolute atomic E-state index is 0.0136. The predicted molar refractivity (Wildman–Crippen MR) is 142 cm³/mol. The van der Waals surface area contributed by atoms with Crippen LogP contribution in [0, 0.1) is 13.8 Å². The second-order valence-corrected chi connectivity index (χ2v) is 9.73. The number of carbonyl (C=O) groups is 2. The van der Waals surface area contributed by atoms with Crippen molar-refractivity contribution < 1.29 is 32.6 Å². The van der Waals surface area contributed by atoms with Gasteiger partial charge in [-0.2, -0.15) is 13.9 Å². The average molecular weight is 586 g/mol. The minimum Gasteiger partial charge on any atom is -0.496 e. The smallest absolute Gasteiger partial charge is 0.414 e. The van der Waals surface area contributed by atoms with Crippen molar-refractivity contribution in [1.82, 2.24) is 30.0 Å². The lowest BCUT2D eigenvalue weighted by molar-refractivity contribution is -0.196. The molecule has 1 aliphatic rings. The number of likely N-dealkylation sites (tertiary alicyclic amines) is 1. The van der Waals surface area contributed by atoms with E-state index in [9.17, 15) is 18.1 Å². The summed E-state index contributed by atoms with van der Waals surface area (Å²) in [5.41, 5.74) is 10.5. The van der Waals surface area contributed by atoms with Crippen molar-refractivity contribution in [2.75, 3.05) is 33.0 Å². The van der Waals surface area contributed by atoms with Crippen LogP contribution in [0.5, 0.6) is 5.75 Å². The van der Waals surface area contributed by atoms with E-state index < -0.39 is 12.4 Å². The molecule has 3 N–H and O–H groups in total. The van der Waals surface area contributed by atoms with Gasteiger partial charge in [-0.05, 0) is 39.3 Å². The molecule has 1 saturated heterocycles. The van der Waals surface area contributed by atoms with Crippen molar-refractivity contribution in [3.8, 4) is 5.75 Å². The Morgan fingerprint density at radius 1 is 1.23 bits per heavy atom. The highest BCUT2D eigenvalue weighted by atomic mass is 35.5. The number of alkyl halides is 2. The number of halogens is 4. The van der Waals surface area contributed by atoms with Gasteiger partial charge in [0.15, 0.2) is 5.65 Å². The standard InChI is InChI=1S/C23H30ClN7O2.C2HF3O2/c1-11-17(24)7-16(13(3)31-22-19(12(2)29-31)21(25)27-10-28-22)20(33-6)18(11)15-8-30(9-15)14(4)23(32)26-5;3-1(4)2(6)7-5/h7,10,13-15H,8-9H2,1-6H3,(H,26,32)(H2,25,27,28);1H/t13?,14-;/m1./s1. The van der Waals surface area contributed by atoms with E-state index in [1.807, 2.05) is 38.4 Å². The first-order chi connectivity index (χ1) is 18.9. The molecule has 15 heteroatoms. The van der Waals surface area contributed by atoms with Gasteiger partial charge >= 0.3 is 12.4 Å². The van der Waals surface area contributed by atoms with Crippen LogP contribution in [-0.4, -0.2) is 76.2 Å². The number of methoxy groups -OCH3 is 1. The van der Waals surface area contributed by atoms with Crippen molar-refractivity contribution in [3.05, 3.63) is 39.8 Å². The SMILES string of the molecule is CNC(=O)[C@@H](C)N1CC(c2c(C)c(Cl)cc(C(C)n3nc(C)c4c(N)ncnc43)c2OC)C1.O=C(OF)C(F)F. The molecule has 3 aromatic rings. The van der Waals surface area contributed by atoms with E-state index in [4.69, 9.17) is 32.0 Å². The number of carbonyl (C=O) groups excluding carboxylic acids is 2. The van der Waals surface area contributed by atoms with E-state index in [1.165, 1.54) is 6.33 Å². The number of fused-ring (bicyclic) bond motifs is 1. The Labute approximate surface area is 233 Å². The Balaban J connectivity index is 0.000000559. The summed E-state index contributed by atoms with van der Waals surface area (Å²) in [6.45, 7) is 9.38. The van der Waals surface area contributed by atoms with Gasteiger partial charge in [-0.1, -0.05) is 11.6 Å². The molecule has 0 saturated carbocycles. The summed E-state index contributed by atoms with van der Waals surface area (Å²) in [7, 11) is 3.34. The number of hydrogen-bond acceptors (Lipinski definition) is 9. The van der Waals surface area contributed by atoms with Gasteiger partial charge in [-0.25, -0.2) is 24.4 Å². The molecule has 0 spiro atoms. The molecule has 1 unspecified atom stereocenters. The fraction of sp³-hybridized carbons (Fsp3) is 0.480. The zero-order valence-electron chi connectivity index (χ0n) is 22.8. The van der Waals surface area contributed by atoms with E-state index in [-0.39, 0.29) is 23.9 Å². The molecule has 0 aliphatic carbocycles. The molecule has 0 bridgehead atoms. The van der Waals surface area contributed by atoms with Crippen LogP contribution in [0.4, 0.5) is 19.1 Å². The number of anilines is 1. The number of nitrogens with zero attached hydrogens (tertiary/aromatic N) is 5. The highest BCUT2D eigenvalue weighted by Crippen LogP contribution is 2.44. The van der Waals surface area contributed by atoms with Crippen LogP contribution in [0.25, 0.3) is 11.0 Å². The van der Waals surface area contributed by atoms with Crippen LogP contribution in [0.1, 0.15) is 48.2 Å². The van der Waals surface area contributed by atoms with Crippen molar-refractivity contribution >= 4 is 40.3 Å². The van der Waals surface area contributed by atoms with Crippen LogP contribution in [0.3, 0.4) is 0 Å². The number of aromatic nitrogens is 4. The van der Waals surface area contributed by atoms with E-state index in [0.29, 0.717) is 16.5 Å². The Morgan fingerprint density at radius 3 is 2.40 bits per heavy atom. The first-order valence-electron chi connectivity index (χ1n) is 12.3. The fourth-order valence-corrected chi connectivity index (χ4v) is 5.00. The molecule has 1 aliphatic heterocycles. The van der Waals surface area contributed by atoms with Crippen molar-refractivity contribution in [2.45, 2.75) is 52.1 Å². The number of ether oxygens (including phenoxy) is 1. The van der Waals surface area contributed by atoms with Crippen LogP contribution in [0.2, 0.25) is 5.02 Å². The van der Waals surface area contributed by atoms with Gasteiger partial charge < -0.3 is 15.8 Å². The third-order valence-corrected chi connectivity index (χ3v) is 7.40. The summed E-state index contributed by atoms with van der Waals surface area (Å²) in [5.74, 6) is -0.721. The predicted octanol–water partition coefficient (Wildman–Crippen LogP) is 3.51. The third kappa shape index (κ3) is 5.92. The summed E-state index contributed by atoms with van der Waals surface area (Å²) < 4.78 is 39.5. The normalized spacial score (nSPS) is 15.2. The molecule has 2 aromatic heterocycles. The highest BCUT2D eigenvalue weighted by Gasteiger charge is 2.38. The van der Waals surface area contributed by atoms with Crippen LogP contribution >= 0.6 is 11.6 Å². The summed E-state index contributed by atoms with van der Waals surface area (Å²) in [6.07, 6.45) is -1.92. The Kier molecular flexibility index (Phi) is 9.79. The van der Waals surface area contributed by atoms with Crippen molar-refractivity contribution in [3.63, 3.8) is 0 Å².